The Kier molecular flexibility index (Phi) is 3.14. The standard InChI is InChI=1S/C13H7BrClF2N3/c14-7-4-12-10(5-9(7)17)19-13(18)20(12)11-3-6(15)1-2-8(11)16/h1-5H,(H2,18,19). The minimum Gasteiger partial charge on any atom is -0.369 e. The van der Waals surface area contributed by atoms with Crippen molar-refractivity contribution < 1.29 is 8.78 Å². The molecule has 0 fully saturated rings. The Morgan fingerprint density at radius 2 is 1.90 bits per heavy atom. The summed E-state index contributed by atoms with van der Waals surface area (Å²) in [5.74, 6) is -0.909. The van der Waals surface area contributed by atoms with Gasteiger partial charge in [-0.2, -0.15) is 0 Å². The summed E-state index contributed by atoms with van der Waals surface area (Å²) in [6.07, 6.45) is 0. The first-order valence-electron chi connectivity index (χ1n) is 5.56. The molecule has 0 aliphatic heterocycles. The van der Waals surface area contributed by atoms with Gasteiger partial charge in [-0.15, -0.1) is 0 Å². The van der Waals surface area contributed by atoms with E-state index in [-0.39, 0.29) is 16.1 Å². The van der Waals surface area contributed by atoms with E-state index >= 15 is 0 Å². The molecule has 0 aliphatic carbocycles. The number of fused-ring (bicyclic) bond motifs is 1. The van der Waals surface area contributed by atoms with Crippen LogP contribution < -0.4 is 5.73 Å². The third kappa shape index (κ3) is 2.05. The lowest BCUT2D eigenvalue weighted by atomic mass is 10.2. The van der Waals surface area contributed by atoms with Gasteiger partial charge in [-0.3, -0.25) is 4.57 Å². The molecule has 0 saturated heterocycles. The zero-order chi connectivity index (χ0) is 14.4. The third-order valence-corrected chi connectivity index (χ3v) is 3.71. The molecule has 0 spiro atoms. The Balaban J connectivity index is 2.38. The number of anilines is 1. The number of nitrogens with zero attached hydrogens (tertiary/aromatic N) is 2. The largest absolute Gasteiger partial charge is 0.369 e. The van der Waals surface area contributed by atoms with Crippen LogP contribution in [0.2, 0.25) is 5.02 Å². The van der Waals surface area contributed by atoms with Gasteiger partial charge in [0.25, 0.3) is 0 Å². The molecule has 0 radical (unpaired) electrons. The molecule has 102 valence electrons. The van der Waals surface area contributed by atoms with E-state index in [9.17, 15) is 8.78 Å². The minimum absolute atomic E-state index is 0.0543. The summed E-state index contributed by atoms with van der Waals surface area (Å²) in [5, 5.41) is 0.365. The van der Waals surface area contributed by atoms with Gasteiger partial charge in [-0.25, -0.2) is 13.8 Å². The van der Waals surface area contributed by atoms with Gasteiger partial charge in [-0.1, -0.05) is 11.6 Å². The topological polar surface area (TPSA) is 43.8 Å². The van der Waals surface area contributed by atoms with Crippen LogP contribution in [0.25, 0.3) is 16.7 Å². The predicted octanol–water partition coefficient (Wildman–Crippen LogP) is 4.30. The van der Waals surface area contributed by atoms with E-state index in [1.54, 1.807) is 0 Å². The molecular weight excluding hydrogens is 352 g/mol. The molecule has 3 nitrogen and oxygen atoms in total. The highest BCUT2D eigenvalue weighted by atomic mass is 79.9. The quantitative estimate of drug-likeness (QED) is 0.705. The van der Waals surface area contributed by atoms with Gasteiger partial charge in [0.2, 0.25) is 5.95 Å². The first kappa shape index (κ1) is 13.3. The molecule has 20 heavy (non-hydrogen) atoms. The summed E-state index contributed by atoms with van der Waals surface area (Å²) in [7, 11) is 0. The van der Waals surface area contributed by atoms with Gasteiger partial charge >= 0.3 is 0 Å². The molecule has 1 heterocycles. The van der Waals surface area contributed by atoms with Crippen LogP contribution in [-0.4, -0.2) is 9.55 Å². The summed E-state index contributed by atoms with van der Waals surface area (Å²) < 4.78 is 29.1. The zero-order valence-corrected chi connectivity index (χ0v) is 12.2. The maximum atomic E-state index is 14.0. The number of hydrogen-bond donors (Lipinski definition) is 1. The number of rotatable bonds is 1. The Labute approximate surface area is 126 Å². The Morgan fingerprint density at radius 3 is 2.65 bits per heavy atom. The molecular formula is C13H7BrClF2N3. The fourth-order valence-electron chi connectivity index (χ4n) is 2.00. The van der Waals surface area contributed by atoms with E-state index in [0.717, 1.165) is 0 Å². The maximum Gasteiger partial charge on any atom is 0.206 e. The molecule has 2 aromatic carbocycles. The van der Waals surface area contributed by atoms with Crippen LogP contribution in [0.3, 0.4) is 0 Å². The van der Waals surface area contributed by atoms with Crippen molar-refractivity contribution in [3.05, 3.63) is 51.5 Å². The second-order valence-corrected chi connectivity index (χ2v) is 5.45. The van der Waals surface area contributed by atoms with Crippen molar-refractivity contribution in [2.24, 2.45) is 0 Å². The smallest absolute Gasteiger partial charge is 0.206 e. The number of imidazole rings is 1. The molecule has 2 N–H and O–H groups in total. The number of nitrogen functional groups attached to an aromatic ring is 1. The minimum atomic E-state index is -0.499. The molecule has 3 rings (SSSR count). The molecule has 0 unspecified atom stereocenters. The van der Waals surface area contributed by atoms with Gasteiger partial charge < -0.3 is 5.73 Å². The van der Waals surface area contributed by atoms with Crippen LogP contribution in [0, 0.1) is 11.6 Å². The summed E-state index contributed by atoms with van der Waals surface area (Å²) in [4.78, 5) is 4.03. The number of hydrogen-bond acceptors (Lipinski definition) is 2. The van der Waals surface area contributed by atoms with Crippen LogP contribution in [0.4, 0.5) is 14.7 Å². The Hall–Kier alpha value is -1.66. The lowest BCUT2D eigenvalue weighted by Gasteiger charge is -2.08. The Morgan fingerprint density at radius 1 is 1.15 bits per heavy atom. The number of halogens is 4. The van der Waals surface area contributed by atoms with Crippen LogP contribution in [0.1, 0.15) is 0 Å². The fourth-order valence-corrected chi connectivity index (χ4v) is 2.50. The van der Waals surface area contributed by atoms with Crippen LogP contribution >= 0.6 is 27.5 Å². The van der Waals surface area contributed by atoms with E-state index < -0.39 is 11.6 Å². The number of nitrogens with two attached hydrogens (primary N) is 1. The van der Waals surface area contributed by atoms with Crippen molar-refractivity contribution in [2.75, 3.05) is 5.73 Å². The van der Waals surface area contributed by atoms with Gasteiger partial charge in [0.1, 0.15) is 11.6 Å². The molecule has 0 amide bonds. The maximum absolute atomic E-state index is 14.0. The summed E-state index contributed by atoms with van der Waals surface area (Å²) >= 11 is 8.97. The van der Waals surface area contributed by atoms with Gasteiger partial charge in [0, 0.05) is 11.1 Å². The van der Waals surface area contributed by atoms with E-state index in [0.29, 0.717) is 16.1 Å². The molecule has 0 saturated carbocycles. The average Bonchev–Trinajstić information content (AvgIpc) is 2.69. The zero-order valence-electron chi connectivity index (χ0n) is 9.87. The van der Waals surface area contributed by atoms with Gasteiger partial charge in [0.05, 0.1) is 21.2 Å². The van der Waals surface area contributed by atoms with Crippen molar-refractivity contribution in [1.82, 2.24) is 9.55 Å². The predicted molar refractivity (Wildman–Crippen MR) is 78.1 cm³/mol. The van der Waals surface area contributed by atoms with E-state index in [1.807, 2.05) is 0 Å². The van der Waals surface area contributed by atoms with Crippen LogP contribution in [-0.2, 0) is 0 Å². The molecule has 7 heteroatoms. The second-order valence-electron chi connectivity index (χ2n) is 4.16. The van der Waals surface area contributed by atoms with Crippen molar-refractivity contribution in [3.8, 4) is 5.69 Å². The highest BCUT2D eigenvalue weighted by Gasteiger charge is 2.16. The second kappa shape index (κ2) is 4.71. The lowest BCUT2D eigenvalue weighted by molar-refractivity contribution is 0.619. The first-order valence-corrected chi connectivity index (χ1v) is 6.73. The Bertz CT molecular complexity index is 832. The summed E-state index contributed by atoms with van der Waals surface area (Å²) in [6, 6.07) is 6.83. The van der Waals surface area contributed by atoms with Gasteiger partial charge in [-0.05, 0) is 40.2 Å². The van der Waals surface area contributed by atoms with Crippen molar-refractivity contribution in [2.45, 2.75) is 0 Å². The fraction of sp³-hybridized carbons (Fsp3) is 0. The summed E-state index contributed by atoms with van der Waals surface area (Å²) in [6.45, 7) is 0. The number of aromatic nitrogens is 2. The SMILES string of the molecule is Nc1nc2cc(F)c(Br)cc2n1-c1cc(Cl)ccc1F. The molecule has 0 bridgehead atoms. The lowest BCUT2D eigenvalue weighted by Crippen LogP contribution is -2.03. The van der Waals surface area contributed by atoms with Crippen molar-refractivity contribution >= 4 is 44.5 Å². The van der Waals surface area contributed by atoms with Crippen LogP contribution in [0.5, 0.6) is 0 Å². The third-order valence-electron chi connectivity index (χ3n) is 2.87. The van der Waals surface area contributed by atoms with Crippen molar-refractivity contribution in [3.63, 3.8) is 0 Å². The molecule has 0 aliphatic rings. The van der Waals surface area contributed by atoms with Crippen LogP contribution in [0.15, 0.2) is 34.8 Å². The van der Waals surface area contributed by atoms with Crippen molar-refractivity contribution in [1.29, 1.82) is 0 Å². The molecule has 1 aromatic heterocycles. The first-order chi connectivity index (χ1) is 9.47. The normalized spacial score (nSPS) is 11.2. The van der Waals surface area contributed by atoms with E-state index in [4.69, 9.17) is 17.3 Å². The van der Waals surface area contributed by atoms with E-state index in [2.05, 4.69) is 20.9 Å². The van der Waals surface area contributed by atoms with Gasteiger partial charge in [0.15, 0.2) is 0 Å². The highest BCUT2D eigenvalue weighted by molar-refractivity contribution is 9.10. The molecule has 3 aromatic rings. The van der Waals surface area contributed by atoms with E-state index in [1.165, 1.54) is 34.9 Å². The molecule has 0 atom stereocenters. The number of benzene rings is 2. The average molecular weight is 359 g/mol. The highest BCUT2D eigenvalue weighted by Crippen LogP contribution is 2.30. The monoisotopic (exact) mass is 357 g/mol. The summed E-state index contributed by atoms with van der Waals surface area (Å²) in [5.41, 5.74) is 6.79.